The Morgan fingerprint density at radius 2 is 2.19 bits per heavy atom. The molecular formula is C10H16BrClN2O2. The second-order valence-electron chi connectivity index (χ2n) is 3.53. The van der Waals surface area contributed by atoms with Crippen molar-refractivity contribution in [3.05, 3.63) is 22.6 Å². The molecule has 1 heterocycles. The van der Waals surface area contributed by atoms with Gasteiger partial charge in [0.05, 0.1) is 13.1 Å². The molecule has 1 amide bonds. The first-order chi connectivity index (χ1) is 7.08. The molecule has 0 aliphatic heterocycles. The van der Waals surface area contributed by atoms with Gasteiger partial charge >= 0.3 is 0 Å². The molecule has 6 heteroatoms. The number of halogens is 2. The fraction of sp³-hybridized carbons (Fsp3) is 0.500. The summed E-state index contributed by atoms with van der Waals surface area (Å²) in [5.74, 6) is 0.801. The van der Waals surface area contributed by atoms with Gasteiger partial charge in [0, 0.05) is 6.04 Å². The quantitative estimate of drug-likeness (QED) is 0.875. The van der Waals surface area contributed by atoms with E-state index in [1.165, 1.54) is 0 Å². The first kappa shape index (κ1) is 15.5. The second-order valence-corrected chi connectivity index (χ2v) is 4.31. The maximum atomic E-state index is 11.2. The van der Waals surface area contributed by atoms with Crippen LogP contribution in [0.2, 0.25) is 0 Å². The van der Waals surface area contributed by atoms with Crippen molar-refractivity contribution < 1.29 is 9.21 Å². The van der Waals surface area contributed by atoms with E-state index in [1.54, 1.807) is 0 Å². The maximum absolute atomic E-state index is 11.2. The molecule has 0 fully saturated rings. The van der Waals surface area contributed by atoms with Crippen molar-refractivity contribution in [2.24, 2.45) is 0 Å². The molecule has 1 rings (SSSR count). The van der Waals surface area contributed by atoms with Crippen LogP contribution in [-0.2, 0) is 11.3 Å². The van der Waals surface area contributed by atoms with Crippen LogP contribution < -0.4 is 10.6 Å². The first-order valence-electron chi connectivity index (χ1n) is 4.82. The number of carbonyl (C=O) groups excluding carboxylic acids is 1. The van der Waals surface area contributed by atoms with E-state index in [0.717, 1.165) is 5.76 Å². The molecular weight excluding hydrogens is 295 g/mol. The highest BCUT2D eigenvalue weighted by molar-refractivity contribution is 9.10. The number of hydrogen-bond donors (Lipinski definition) is 2. The third-order valence-electron chi connectivity index (χ3n) is 1.66. The Bertz CT molecular complexity index is 328. The van der Waals surface area contributed by atoms with Gasteiger partial charge in [-0.3, -0.25) is 4.79 Å². The molecule has 0 aliphatic rings. The van der Waals surface area contributed by atoms with E-state index in [1.807, 2.05) is 26.0 Å². The van der Waals surface area contributed by atoms with Crippen molar-refractivity contribution in [1.82, 2.24) is 10.6 Å². The Labute approximate surface area is 110 Å². The maximum Gasteiger partial charge on any atom is 0.234 e. The molecule has 2 N–H and O–H groups in total. The molecule has 1 aromatic heterocycles. The van der Waals surface area contributed by atoms with Gasteiger partial charge in [0.2, 0.25) is 5.91 Å². The normalized spacial score (nSPS) is 10.0. The van der Waals surface area contributed by atoms with Crippen LogP contribution in [0.4, 0.5) is 0 Å². The largest absolute Gasteiger partial charge is 0.453 e. The lowest BCUT2D eigenvalue weighted by atomic mass is 10.4. The van der Waals surface area contributed by atoms with E-state index < -0.39 is 0 Å². The van der Waals surface area contributed by atoms with Crippen molar-refractivity contribution in [2.45, 2.75) is 26.4 Å². The summed E-state index contributed by atoms with van der Waals surface area (Å²) in [6.45, 7) is 4.72. The van der Waals surface area contributed by atoms with Gasteiger partial charge in [-0.05, 0) is 41.9 Å². The summed E-state index contributed by atoms with van der Waals surface area (Å²) in [6.07, 6.45) is 0. The lowest BCUT2D eigenvalue weighted by Crippen LogP contribution is -2.37. The molecule has 0 bridgehead atoms. The van der Waals surface area contributed by atoms with Gasteiger partial charge in [-0.25, -0.2) is 0 Å². The van der Waals surface area contributed by atoms with Crippen LogP contribution in [0.5, 0.6) is 0 Å². The molecule has 0 saturated heterocycles. The zero-order valence-corrected chi connectivity index (χ0v) is 11.7. The third kappa shape index (κ3) is 6.15. The molecule has 0 spiro atoms. The highest BCUT2D eigenvalue weighted by Crippen LogP contribution is 2.13. The summed E-state index contributed by atoms with van der Waals surface area (Å²) in [6, 6.07) is 3.86. The summed E-state index contributed by atoms with van der Waals surface area (Å²) in [5, 5.41) is 5.79. The molecule has 16 heavy (non-hydrogen) atoms. The van der Waals surface area contributed by atoms with Gasteiger partial charge in [0.25, 0.3) is 0 Å². The molecule has 4 nitrogen and oxygen atoms in total. The van der Waals surface area contributed by atoms with Gasteiger partial charge in [-0.1, -0.05) is 0 Å². The third-order valence-corrected chi connectivity index (χ3v) is 2.09. The Hall–Kier alpha value is -0.520. The van der Waals surface area contributed by atoms with Gasteiger partial charge in [0.15, 0.2) is 4.67 Å². The smallest absolute Gasteiger partial charge is 0.234 e. The highest BCUT2D eigenvalue weighted by Gasteiger charge is 2.03. The lowest BCUT2D eigenvalue weighted by molar-refractivity contribution is -0.120. The summed E-state index contributed by atoms with van der Waals surface area (Å²) < 4.78 is 5.97. The van der Waals surface area contributed by atoms with E-state index in [2.05, 4.69) is 26.6 Å². The number of hydrogen-bond acceptors (Lipinski definition) is 3. The van der Waals surface area contributed by atoms with Gasteiger partial charge in [-0.2, -0.15) is 0 Å². The molecule has 0 unspecified atom stereocenters. The summed E-state index contributed by atoms with van der Waals surface area (Å²) in [5.41, 5.74) is 0. The zero-order valence-electron chi connectivity index (χ0n) is 9.25. The Morgan fingerprint density at radius 3 is 2.69 bits per heavy atom. The molecule has 0 radical (unpaired) electrons. The van der Waals surface area contributed by atoms with E-state index in [9.17, 15) is 4.79 Å². The highest BCUT2D eigenvalue weighted by atomic mass is 79.9. The SMILES string of the molecule is CC(C)NC(=O)CNCc1ccc(Br)o1.Cl. The van der Waals surface area contributed by atoms with Crippen molar-refractivity contribution in [2.75, 3.05) is 6.54 Å². The van der Waals surface area contributed by atoms with Crippen LogP contribution in [0.3, 0.4) is 0 Å². The van der Waals surface area contributed by atoms with Crippen LogP contribution >= 0.6 is 28.3 Å². The van der Waals surface area contributed by atoms with Crippen LogP contribution in [0.25, 0.3) is 0 Å². The number of nitrogens with one attached hydrogen (secondary N) is 2. The van der Waals surface area contributed by atoms with Crippen molar-refractivity contribution in [3.63, 3.8) is 0 Å². The predicted octanol–water partition coefficient (Wildman–Crippen LogP) is 2.08. The Balaban J connectivity index is 0.00000225. The molecule has 0 aromatic carbocycles. The fourth-order valence-electron chi connectivity index (χ4n) is 1.12. The monoisotopic (exact) mass is 310 g/mol. The van der Waals surface area contributed by atoms with Gasteiger partial charge < -0.3 is 15.1 Å². The predicted molar refractivity (Wildman–Crippen MR) is 68.6 cm³/mol. The summed E-state index contributed by atoms with van der Waals surface area (Å²) in [7, 11) is 0. The van der Waals surface area contributed by atoms with Crippen LogP contribution in [0, 0.1) is 0 Å². The summed E-state index contributed by atoms with van der Waals surface area (Å²) in [4.78, 5) is 11.2. The molecule has 0 aliphatic carbocycles. The number of carbonyl (C=O) groups is 1. The van der Waals surface area contributed by atoms with Crippen LogP contribution in [0.15, 0.2) is 21.2 Å². The minimum atomic E-state index is -0.00405. The number of amides is 1. The van der Waals surface area contributed by atoms with Gasteiger partial charge in [-0.15, -0.1) is 12.4 Å². The van der Waals surface area contributed by atoms with Crippen LogP contribution in [0.1, 0.15) is 19.6 Å². The number of rotatable bonds is 5. The zero-order chi connectivity index (χ0) is 11.3. The van der Waals surface area contributed by atoms with E-state index >= 15 is 0 Å². The fourth-order valence-corrected chi connectivity index (χ4v) is 1.46. The molecule has 0 saturated carbocycles. The lowest BCUT2D eigenvalue weighted by Gasteiger charge is -2.08. The van der Waals surface area contributed by atoms with E-state index in [4.69, 9.17) is 4.42 Å². The first-order valence-corrected chi connectivity index (χ1v) is 5.61. The van der Waals surface area contributed by atoms with Gasteiger partial charge in [0.1, 0.15) is 5.76 Å². The second kappa shape index (κ2) is 7.70. The Kier molecular flexibility index (Phi) is 7.45. The molecule has 92 valence electrons. The average molecular weight is 312 g/mol. The average Bonchev–Trinajstić information content (AvgIpc) is 2.50. The molecule has 0 atom stereocenters. The van der Waals surface area contributed by atoms with E-state index in [-0.39, 0.29) is 24.4 Å². The standard InChI is InChI=1S/C10H15BrN2O2.ClH/c1-7(2)13-10(14)6-12-5-8-3-4-9(11)15-8;/h3-4,7,12H,5-6H2,1-2H3,(H,13,14);1H. The summed E-state index contributed by atoms with van der Waals surface area (Å²) >= 11 is 3.21. The van der Waals surface area contributed by atoms with Crippen molar-refractivity contribution >= 4 is 34.2 Å². The number of furan rings is 1. The van der Waals surface area contributed by atoms with Crippen LogP contribution in [-0.4, -0.2) is 18.5 Å². The van der Waals surface area contributed by atoms with Crippen molar-refractivity contribution in [3.8, 4) is 0 Å². The van der Waals surface area contributed by atoms with Crippen molar-refractivity contribution in [1.29, 1.82) is 0 Å². The minimum Gasteiger partial charge on any atom is -0.453 e. The minimum absolute atomic E-state index is 0. The molecule has 1 aromatic rings. The van der Waals surface area contributed by atoms with E-state index in [0.29, 0.717) is 17.8 Å². The topological polar surface area (TPSA) is 54.3 Å². The Morgan fingerprint density at radius 1 is 1.50 bits per heavy atom.